The van der Waals surface area contributed by atoms with Gasteiger partial charge in [0.15, 0.2) is 11.5 Å². The predicted octanol–water partition coefficient (Wildman–Crippen LogP) is 26.7. The predicted molar refractivity (Wildman–Crippen MR) is 520 cm³/mol. The van der Waals surface area contributed by atoms with E-state index < -0.39 is 33.6 Å². The van der Waals surface area contributed by atoms with E-state index in [2.05, 4.69) is 147 Å². The van der Waals surface area contributed by atoms with Gasteiger partial charge in [0.2, 0.25) is 0 Å². The lowest BCUT2D eigenvalue weighted by Gasteiger charge is -2.31. The number of alkyl carbamates (subject to hydrolysis) is 6. The molecule has 0 aromatic heterocycles. The molecule has 0 spiro atoms. The number of para-hydroxylation sites is 1. The van der Waals surface area contributed by atoms with Gasteiger partial charge in [-0.05, 0) is 353 Å². The summed E-state index contributed by atoms with van der Waals surface area (Å²) < 4.78 is 63.8. The molecule has 7 aliphatic rings. The summed E-state index contributed by atoms with van der Waals surface area (Å²) in [6.45, 7) is 39.3. The Labute approximate surface area is 785 Å². The number of nitrogens with one attached hydrogen (secondary N) is 6. The number of rotatable bonds is 13. The summed E-state index contributed by atoms with van der Waals surface area (Å²) in [5.41, 5.74) is 7.23. The zero-order chi connectivity index (χ0) is 95.2. The molecule has 13 rings (SSSR count). The van der Waals surface area contributed by atoms with Gasteiger partial charge in [0.25, 0.3) is 0 Å². The van der Waals surface area contributed by atoms with Crippen molar-refractivity contribution < 1.29 is 75.8 Å². The van der Waals surface area contributed by atoms with Crippen molar-refractivity contribution in [1.82, 2.24) is 31.9 Å². The molecule has 718 valence electrons. The van der Waals surface area contributed by atoms with E-state index in [9.17, 15) is 33.2 Å². The van der Waals surface area contributed by atoms with Crippen molar-refractivity contribution in [1.29, 1.82) is 0 Å². The number of carbonyl (C=O) groups excluding carboxylic acids is 6. The molecular formula is C107H156BrFN6O15. The molecule has 0 radical (unpaired) electrons. The van der Waals surface area contributed by atoms with E-state index in [-0.39, 0.29) is 84.5 Å². The van der Waals surface area contributed by atoms with E-state index in [4.69, 9.17) is 42.6 Å². The van der Waals surface area contributed by atoms with Gasteiger partial charge in [-0.3, -0.25) is 0 Å². The molecule has 6 N–H and O–H groups in total. The van der Waals surface area contributed by atoms with Gasteiger partial charge in [-0.15, -0.1) is 0 Å². The van der Waals surface area contributed by atoms with E-state index in [1.54, 1.807) is 13.2 Å². The largest absolute Gasteiger partial charge is 0.496 e. The number of carbonyl (C=O) groups is 6. The third-order valence-electron chi connectivity index (χ3n) is 23.7. The fourth-order valence-electron chi connectivity index (χ4n) is 18.2. The molecule has 6 aromatic rings. The fourth-order valence-corrected chi connectivity index (χ4v) is 18.8. The Morgan fingerprint density at radius 2 is 0.615 bits per heavy atom. The number of aryl methyl sites for hydroxylation is 2. The Bertz CT molecular complexity index is 4430. The first-order valence-electron chi connectivity index (χ1n) is 47.8. The standard InChI is InChI=1S/C19H27NO4.C18H27NO3.2C18H27NO2.C17H24BrNO2.C17H24FNO2/c1-19(2,3)24-18(21)20-15-6-4-5-13(11-15)14-7-8-16-17(12-14)23-10-9-22-16;1-18(2,3)22-17(20)19-14-9-7-8-13(12-14)15-10-5-6-11-16(15)21-4;1-13-7-5-8-14(11-13)15-9-6-10-16(12-15)19-17(20)21-18(2,3)4;1-13-8-10-14(11-9-13)15-6-5-7-16(12-15)19-17(20)21-18(2,3)4;2*1-17(2,3)21-16(20)19-13-8-6-7-12(11-13)14-9-4-5-10-15(14)18/h7-8,12-13,15H,4-6,9-11H2,1-3H3,(H,20,21);5-6,10-11,13-14H,7-9,12H2,1-4H3,(H,19,20);5,7-8,11,15-16H,6,9-10,12H2,1-4H3,(H,19,20);8-11,15-16H,5-7,12H2,1-4H3,(H,19,20);2*4-5,9-10,12-13H,6-8,11H2,1-3H3,(H,19,20)/t13-,15+;13-,14+;2*15-,16+;2*12-,13+/m000000/s1. The van der Waals surface area contributed by atoms with Crippen LogP contribution in [0.25, 0.3) is 0 Å². The van der Waals surface area contributed by atoms with Crippen molar-refractivity contribution in [2.45, 2.75) is 398 Å². The van der Waals surface area contributed by atoms with Crippen molar-refractivity contribution >= 4 is 52.5 Å². The first-order valence-corrected chi connectivity index (χ1v) is 48.6. The highest BCUT2D eigenvalue weighted by atomic mass is 79.9. The lowest BCUT2D eigenvalue weighted by Crippen LogP contribution is -2.41. The van der Waals surface area contributed by atoms with Gasteiger partial charge in [-0.1, -0.05) is 175 Å². The lowest BCUT2D eigenvalue weighted by atomic mass is 9.81. The van der Waals surface area contributed by atoms with Crippen LogP contribution in [0.3, 0.4) is 0 Å². The van der Waals surface area contributed by atoms with Crippen molar-refractivity contribution in [3.63, 3.8) is 0 Å². The molecule has 130 heavy (non-hydrogen) atoms. The van der Waals surface area contributed by atoms with Crippen molar-refractivity contribution in [2.75, 3.05) is 20.3 Å². The SMILES string of the molecule is CC(C)(C)OC(=O)N[C@@H]1CCC[C@H](c2ccc3c(c2)OCCO3)C1.CC(C)(C)OC(=O)N[C@@H]1CCC[C@H](c2ccccc2Br)C1.CC(C)(C)OC(=O)N[C@@H]1CCC[C@H](c2ccccc2F)C1.COc1ccccc1[C@H]1CCC[C@@H](NC(=O)OC(C)(C)C)C1.Cc1ccc([C@H]2CCC[C@@H](NC(=O)OC(C)(C)C)C2)cc1.Cc1cccc([C@H]2CCC[C@@H](NC(=O)OC(C)(C)C)C2)c1. The zero-order valence-corrected chi connectivity index (χ0v) is 83.6. The highest BCUT2D eigenvalue weighted by Gasteiger charge is 2.35. The fraction of sp³-hybridized carbons (Fsp3) is 0.607. The van der Waals surface area contributed by atoms with Gasteiger partial charge in [0.1, 0.15) is 58.4 Å². The summed E-state index contributed by atoms with van der Waals surface area (Å²) in [5.74, 6) is 5.03. The van der Waals surface area contributed by atoms with E-state index in [0.29, 0.717) is 42.8 Å². The summed E-state index contributed by atoms with van der Waals surface area (Å²) in [5, 5.41) is 18.0. The number of amides is 6. The van der Waals surface area contributed by atoms with E-state index in [0.717, 1.165) is 162 Å². The van der Waals surface area contributed by atoms with Gasteiger partial charge in [-0.25, -0.2) is 33.2 Å². The number of ether oxygens (including phenoxy) is 9. The number of halogens is 2. The van der Waals surface area contributed by atoms with Crippen LogP contribution in [0.15, 0.2) is 144 Å². The third-order valence-corrected chi connectivity index (χ3v) is 24.5. The van der Waals surface area contributed by atoms with Gasteiger partial charge < -0.3 is 74.5 Å². The minimum Gasteiger partial charge on any atom is -0.496 e. The maximum absolute atomic E-state index is 13.9. The molecule has 12 atom stereocenters. The van der Waals surface area contributed by atoms with Crippen LogP contribution in [0.4, 0.5) is 33.2 Å². The monoisotopic (exact) mass is 1860 g/mol. The highest BCUT2D eigenvalue weighted by molar-refractivity contribution is 9.10. The Morgan fingerprint density at radius 1 is 0.315 bits per heavy atom. The number of methoxy groups -OCH3 is 1. The third kappa shape index (κ3) is 39.7. The second-order valence-electron chi connectivity index (χ2n) is 42.3. The van der Waals surface area contributed by atoms with Gasteiger partial charge in [-0.2, -0.15) is 0 Å². The van der Waals surface area contributed by atoms with Crippen LogP contribution >= 0.6 is 15.9 Å². The second-order valence-corrected chi connectivity index (χ2v) is 43.1. The number of hydrogen-bond donors (Lipinski definition) is 6. The summed E-state index contributed by atoms with van der Waals surface area (Å²) in [4.78, 5) is 71.4. The minimum absolute atomic E-state index is 0.0539. The number of hydrogen-bond acceptors (Lipinski definition) is 15. The van der Waals surface area contributed by atoms with Gasteiger partial charge in [0.05, 0.1) is 7.11 Å². The zero-order valence-electron chi connectivity index (χ0n) is 82.0. The Kier molecular flexibility index (Phi) is 40.8. The minimum atomic E-state index is -0.496. The molecular weight excluding hydrogens is 1710 g/mol. The van der Waals surface area contributed by atoms with Crippen LogP contribution in [-0.4, -0.2) is 127 Å². The second kappa shape index (κ2) is 50.0. The lowest BCUT2D eigenvalue weighted by molar-refractivity contribution is 0.0478. The molecule has 0 bridgehead atoms. The highest BCUT2D eigenvalue weighted by Crippen LogP contribution is 2.43. The molecule has 6 amide bonds. The van der Waals surface area contributed by atoms with E-state index in [1.807, 2.05) is 167 Å². The summed E-state index contributed by atoms with van der Waals surface area (Å²) in [6, 6.07) is 48.1. The van der Waals surface area contributed by atoms with Crippen LogP contribution in [-0.2, 0) is 28.4 Å². The molecule has 6 saturated carbocycles. The number of benzene rings is 6. The van der Waals surface area contributed by atoms with Crippen molar-refractivity contribution in [3.05, 3.63) is 194 Å². The topological polar surface area (TPSA) is 258 Å². The quantitative estimate of drug-likeness (QED) is 0.0588. The molecule has 1 heterocycles. The maximum atomic E-state index is 13.9. The Morgan fingerprint density at radius 3 is 0.977 bits per heavy atom. The van der Waals surface area contributed by atoms with Crippen LogP contribution < -0.4 is 46.1 Å². The van der Waals surface area contributed by atoms with Crippen LogP contribution in [0.1, 0.15) is 359 Å². The Balaban J connectivity index is 0.000000193. The normalized spacial score (nSPS) is 22.7. The van der Waals surface area contributed by atoms with Crippen molar-refractivity contribution in [3.8, 4) is 17.2 Å². The molecule has 0 unspecified atom stereocenters. The maximum Gasteiger partial charge on any atom is 0.407 e. The number of fused-ring (bicyclic) bond motifs is 1. The van der Waals surface area contributed by atoms with Crippen LogP contribution in [0.2, 0.25) is 0 Å². The molecule has 23 heteroatoms. The average molecular weight is 1870 g/mol. The van der Waals surface area contributed by atoms with E-state index >= 15 is 0 Å². The summed E-state index contributed by atoms with van der Waals surface area (Å²) >= 11 is 3.63. The molecule has 6 aliphatic carbocycles. The molecule has 6 fully saturated rings. The summed E-state index contributed by atoms with van der Waals surface area (Å²) in [6.07, 6.45) is 23.1. The van der Waals surface area contributed by atoms with E-state index in [1.165, 1.54) is 64.3 Å². The summed E-state index contributed by atoms with van der Waals surface area (Å²) in [7, 11) is 1.71. The smallest absolute Gasteiger partial charge is 0.407 e. The van der Waals surface area contributed by atoms with Gasteiger partial charge in [0, 0.05) is 40.7 Å². The van der Waals surface area contributed by atoms with Crippen LogP contribution in [0.5, 0.6) is 17.2 Å². The molecule has 21 nitrogen and oxygen atoms in total. The molecule has 0 saturated heterocycles. The molecule has 1 aliphatic heterocycles. The van der Waals surface area contributed by atoms with Gasteiger partial charge >= 0.3 is 36.6 Å². The first-order chi connectivity index (χ1) is 61.2. The van der Waals surface area contributed by atoms with Crippen molar-refractivity contribution in [2.24, 2.45) is 0 Å². The Hall–Kier alpha value is -9.25. The average Bonchev–Trinajstić information content (AvgIpc) is 0.827. The first kappa shape index (κ1) is 106. The molecule has 6 aromatic carbocycles. The van der Waals surface area contributed by atoms with Crippen LogP contribution in [0, 0.1) is 19.7 Å².